The van der Waals surface area contributed by atoms with E-state index in [1.54, 1.807) is 44.6 Å². The largest absolute Gasteiger partial charge is 0.493 e. The molecule has 0 fully saturated rings. The highest BCUT2D eigenvalue weighted by molar-refractivity contribution is 6.35. The molecule has 0 unspecified atom stereocenters. The van der Waals surface area contributed by atoms with Gasteiger partial charge in [-0.1, -0.05) is 57.6 Å². The fourth-order valence-corrected chi connectivity index (χ4v) is 3.87. The Kier molecular flexibility index (Phi) is 8.93. The van der Waals surface area contributed by atoms with Crippen LogP contribution in [-0.4, -0.2) is 26.1 Å². The van der Waals surface area contributed by atoms with Crippen molar-refractivity contribution in [2.24, 2.45) is 0 Å². The minimum Gasteiger partial charge on any atom is -0.493 e. The summed E-state index contributed by atoms with van der Waals surface area (Å²) < 4.78 is 16.1. The molecule has 6 nitrogen and oxygen atoms in total. The monoisotopic (exact) mass is 451 g/mol. The van der Waals surface area contributed by atoms with Crippen LogP contribution >= 0.6 is 0 Å². The molecule has 33 heavy (non-hydrogen) atoms. The molecule has 0 aliphatic carbocycles. The highest BCUT2D eigenvalue weighted by atomic mass is 16.5. The maximum Gasteiger partial charge on any atom is 0.311 e. The summed E-state index contributed by atoms with van der Waals surface area (Å²) in [5, 5.41) is 2.86. The van der Waals surface area contributed by atoms with Crippen molar-refractivity contribution in [2.45, 2.75) is 58.3 Å². The maximum atomic E-state index is 12.5. The lowest BCUT2D eigenvalue weighted by molar-refractivity contribution is -0.134. The van der Waals surface area contributed by atoms with Crippen LogP contribution in [-0.2, 0) is 9.59 Å². The fourth-order valence-electron chi connectivity index (χ4n) is 3.87. The van der Waals surface area contributed by atoms with Crippen molar-refractivity contribution < 1.29 is 23.8 Å². The lowest BCUT2D eigenvalue weighted by Crippen LogP contribution is -2.07. The molecule has 176 valence electrons. The van der Waals surface area contributed by atoms with Gasteiger partial charge in [-0.15, -0.1) is 0 Å². The molecule has 0 saturated carbocycles. The van der Waals surface area contributed by atoms with Crippen LogP contribution in [0.4, 0.5) is 5.69 Å². The molecular formula is C27H33NO5. The van der Waals surface area contributed by atoms with E-state index in [1.165, 1.54) is 32.1 Å². The van der Waals surface area contributed by atoms with Gasteiger partial charge in [0.25, 0.3) is 5.91 Å². The Morgan fingerprint density at radius 2 is 1.55 bits per heavy atom. The maximum absolute atomic E-state index is 12.5. The lowest BCUT2D eigenvalue weighted by atomic mass is 10.0. The average Bonchev–Trinajstić information content (AvgIpc) is 3.12. The molecule has 0 spiro atoms. The number of methoxy groups -OCH3 is 2. The van der Waals surface area contributed by atoms with Gasteiger partial charge < -0.3 is 19.5 Å². The number of unbranched alkanes of at least 4 members (excludes halogenated alkanes) is 6. The molecule has 2 aromatic carbocycles. The van der Waals surface area contributed by atoms with Gasteiger partial charge in [0, 0.05) is 23.6 Å². The van der Waals surface area contributed by atoms with Gasteiger partial charge in [0.2, 0.25) is 0 Å². The zero-order valence-electron chi connectivity index (χ0n) is 19.7. The normalized spacial score (nSPS) is 13.5. The van der Waals surface area contributed by atoms with E-state index in [1.807, 2.05) is 12.1 Å². The molecule has 1 N–H and O–H groups in total. The number of nitrogens with one attached hydrogen (secondary N) is 1. The molecule has 0 saturated heterocycles. The van der Waals surface area contributed by atoms with Crippen molar-refractivity contribution >= 4 is 29.2 Å². The second-order valence-corrected chi connectivity index (χ2v) is 8.18. The van der Waals surface area contributed by atoms with Crippen LogP contribution in [0.5, 0.6) is 17.2 Å². The number of benzene rings is 2. The summed E-state index contributed by atoms with van der Waals surface area (Å²) in [4.78, 5) is 24.6. The standard InChI is InChI=1S/C27H33NO5/c1-4-5-6-7-8-9-10-11-26(29)33-20-14-12-19(13-15-20)16-22-21-17-24(31-2)25(32-3)18-23(21)28-27(22)30/h12-18H,4-11H2,1-3H3,(H,28,30)/b22-16+. The SMILES string of the molecule is CCCCCCCCCC(=O)Oc1ccc(/C=C2/C(=O)Nc3cc(OC)c(OC)cc32)cc1. The van der Waals surface area contributed by atoms with Gasteiger partial charge >= 0.3 is 5.97 Å². The predicted octanol–water partition coefficient (Wildman–Crippen LogP) is 6.24. The molecule has 0 aromatic heterocycles. The first kappa shape index (κ1) is 24.4. The number of amides is 1. The quantitative estimate of drug-likeness (QED) is 0.179. The van der Waals surface area contributed by atoms with E-state index in [9.17, 15) is 9.59 Å². The van der Waals surface area contributed by atoms with Crippen LogP contribution in [0.25, 0.3) is 11.6 Å². The number of ether oxygens (including phenoxy) is 3. The van der Waals surface area contributed by atoms with E-state index in [0.717, 1.165) is 24.0 Å². The fraction of sp³-hybridized carbons (Fsp3) is 0.407. The third-order valence-corrected chi connectivity index (χ3v) is 5.71. The van der Waals surface area contributed by atoms with Gasteiger partial charge in [0.1, 0.15) is 5.75 Å². The van der Waals surface area contributed by atoms with Crippen LogP contribution in [0.1, 0.15) is 69.4 Å². The number of hydrogen-bond donors (Lipinski definition) is 1. The minimum atomic E-state index is -0.209. The Morgan fingerprint density at radius 3 is 2.21 bits per heavy atom. The topological polar surface area (TPSA) is 73.9 Å². The van der Waals surface area contributed by atoms with Gasteiger partial charge in [-0.05, 0) is 36.3 Å². The summed E-state index contributed by atoms with van der Waals surface area (Å²) in [6, 6.07) is 10.7. The van der Waals surface area contributed by atoms with E-state index >= 15 is 0 Å². The highest BCUT2D eigenvalue weighted by Gasteiger charge is 2.26. The van der Waals surface area contributed by atoms with E-state index in [0.29, 0.717) is 34.9 Å². The Bertz CT molecular complexity index is 994. The molecular weight excluding hydrogens is 418 g/mol. The van der Waals surface area contributed by atoms with E-state index < -0.39 is 0 Å². The number of fused-ring (bicyclic) bond motifs is 1. The molecule has 2 aromatic rings. The summed E-state index contributed by atoms with van der Waals surface area (Å²) in [6.45, 7) is 2.21. The van der Waals surface area contributed by atoms with Crippen LogP contribution in [0.15, 0.2) is 36.4 Å². The molecule has 0 radical (unpaired) electrons. The second kappa shape index (κ2) is 12.1. The molecule has 1 amide bonds. The Hall–Kier alpha value is -3.28. The first-order valence-electron chi connectivity index (χ1n) is 11.7. The summed E-state index contributed by atoms with van der Waals surface area (Å²) in [6.07, 6.45) is 10.4. The molecule has 1 aliphatic rings. The Balaban J connectivity index is 1.58. The zero-order chi connectivity index (χ0) is 23.6. The smallest absolute Gasteiger partial charge is 0.311 e. The van der Waals surface area contributed by atoms with Gasteiger partial charge in [0.15, 0.2) is 11.5 Å². The predicted molar refractivity (Wildman–Crippen MR) is 131 cm³/mol. The molecule has 1 heterocycles. The van der Waals surface area contributed by atoms with Crippen molar-refractivity contribution in [2.75, 3.05) is 19.5 Å². The number of rotatable bonds is 12. The lowest BCUT2D eigenvalue weighted by Gasteiger charge is -2.09. The number of anilines is 1. The van der Waals surface area contributed by atoms with Crippen molar-refractivity contribution in [1.29, 1.82) is 0 Å². The van der Waals surface area contributed by atoms with Crippen LogP contribution in [0.3, 0.4) is 0 Å². The van der Waals surface area contributed by atoms with Gasteiger partial charge in [0.05, 0.1) is 19.9 Å². The van der Waals surface area contributed by atoms with Gasteiger partial charge in [-0.2, -0.15) is 0 Å². The Labute approximate surface area is 195 Å². The number of carbonyl (C=O) groups excluding carboxylic acids is 2. The molecule has 0 bridgehead atoms. The van der Waals surface area contributed by atoms with E-state index in [4.69, 9.17) is 14.2 Å². The van der Waals surface area contributed by atoms with Crippen molar-refractivity contribution in [3.63, 3.8) is 0 Å². The first-order chi connectivity index (χ1) is 16.0. The Morgan fingerprint density at radius 1 is 0.909 bits per heavy atom. The van der Waals surface area contributed by atoms with E-state index in [2.05, 4.69) is 12.2 Å². The van der Waals surface area contributed by atoms with Crippen molar-refractivity contribution in [3.05, 3.63) is 47.5 Å². The summed E-state index contributed by atoms with van der Waals surface area (Å²) >= 11 is 0. The van der Waals surface area contributed by atoms with Crippen LogP contribution < -0.4 is 19.5 Å². The molecule has 3 rings (SSSR count). The first-order valence-corrected chi connectivity index (χ1v) is 11.7. The second-order valence-electron chi connectivity index (χ2n) is 8.18. The summed E-state index contributed by atoms with van der Waals surface area (Å²) in [5.41, 5.74) is 2.80. The highest BCUT2D eigenvalue weighted by Crippen LogP contribution is 2.41. The zero-order valence-corrected chi connectivity index (χ0v) is 19.7. The van der Waals surface area contributed by atoms with Crippen molar-refractivity contribution in [3.8, 4) is 17.2 Å². The summed E-state index contributed by atoms with van der Waals surface area (Å²) in [5.74, 6) is 1.22. The van der Waals surface area contributed by atoms with Crippen LogP contribution in [0.2, 0.25) is 0 Å². The number of hydrogen-bond acceptors (Lipinski definition) is 5. The van der Waals surface area contributed by atoms with Crippen LogP contribution in [0, 0.1) is 0 Å². The molecule has 6 heteroatoms. The third-order valence-electron chi connectivity index (χ3n) is 5.71. The van der Waals surface area contributed by atoms with Gasteiger partial charge in [-0.3, -0.25) is 9.59 Å². The third kappa shape index (κ3) is 6.60. The average molecular weight is 452 g/mol. The molecule has 1 aliphatic heterocycles. The number of esters is 1. The number of carbonyl (C=O) groups is 2. The summed E-state index contributed by atoms with van der Waals surface area (Å²) in [7, 11) is 3.12. The van der Waals surface area contributed by atoms with Gasteiger partial charge in [-0.25, -0.2) is 0 Å². The van der Waals surface area contributed by atoms with E-state index in [-0.39, 0.29) is 11.9 Å². The minimum absolute atomic E-state index is 0.189. The van der Waals surface area contributed by atoms with Crippen molar-refractivity contribution in [1.82, 2.24) is 0 Å². The molecule has 0 atom stereocenters.